The Hall–Kier alpha value is -1.76. The van der Waals surface area contributed by atoms with Crippen molar-refractivity contribution in [3.63, 3.8) is 0 Å². The van der Waals surface area contributed by atoms with Crippen molar-refractivity contribution >= 4 is 11.5 Å². The van der Waals surface area contributed by atoms with E-state index in [2.05, 4.69) is 44.8 Å². The van der Waals surface area contributed by atoms with E-state index in [4.69, 9.17) is 0 Å². The first kappa shape index (κ1) is 11.3. The van der Waals surface area contributed by atoms with Crippen LogP contribution in [-0.4, -0.2) is 42.1 Å². The van der Waals surface area contributed by atoms with Crippen molar-refractivity contribution in [2.75, 3.05) is 5.43 Å². The van der Waals surface area contributed by atoms with Crippen LogP contribution in [0.5, 0.6) is 0 Å². The van der Waals surface area contributed by atoms with Gasteiger partial charge in [0.15, 0.2) is 11.5 Å². The van der Waals surface area contributed by atoms with Crippen molar-refractivity contribution in [3.8, 4) is 0 Å². The lowest BCUT2D eigenvalue weighted by atomic mass is 10.00. The van der Waals surface area contributed by atoms with Crippen LogP contribution in [0.2, 0.25) is 0 Å². The van der Waals surface area contributed by atoms with E-state index < -0.39 is 0 Å². The largest absolute Gasteiger partial charge is 0.301 e. The summed E-state index contributed by atoms with van der Waals surface area (Å²) >= 11 is 0. The summed E-state index contributed by atoms with van der Waals surface area (Å²) in [6.07, 6.45) is 7.09. The Morgan fingerprint density at radius 3 is 2.78 bits per heavy atom. The maximum atomic E-state index is 4.15. The summed E-state index contributed by atoms with van der Waals surface area (Å²) in [7, 11) is 0. The lowest BCUT2D eigenvalue weighted by Crippen LogP contribution is -2.47. The highest BCUT2D eigenvalue weighted by Crippen LogP contribution is 2.23. The van der Waals surface area contributed by atoms with Gasteiger partial charge < -0.3 is 5.43 Å². The Balaban J connectivity index is 1.89. The first-order chi connectivity index (χ1) is 8.75. The number of nitrogens with one attached hydrogen (secondary N) is 1. The fraction of sp³-hybridized carbons (Fsp3) is 0.636. The monoisotopic (exact) mass is 247 g/mol. The van der Waals surface area contributed by atoms with Crippen LogP contribution in [-0.2, 0) is 0 Å². The van der Waals surface area contributed by atoms with E-state index in [0.717, 1.165) is 5.82 Å². The zero-order chi connectivity index (χ0) is 12.5. The Kier molecular flexibility index (Phi) is 2.83. The molecule has 1 aliphatic rings. The summed E-state index contributed by atoms with van der Waals surface area (Å²) in [6, 6.07) is 1.00. The SMILES string of the molecule is CC1CCCC(C)N1Nc1cncc2nnnn12. The van der Waals surface area contributed by atoms with Crippen LogP contribution in [0.3, 0.4) is 0 Å². The van der Waals surface area contributed by atoms with E-state index in [1.165, 1.54) is 19.3 Å². The van der Waals surface area contributed by atoms with E-state index in [9.17, 15) is 0 Å². The maximum Gasteiger partial charge on any atom is 0.199 e. The molecule has 1 saturated heterocycles. The smallest absolute Gasteiger partial charge is 0.199 e. The van der Waals surface area contributed by atoms with Crippen LogP contribution in [0.4, 0.5) is 5.82 Å². The van der Waals surface area contributed by atoms with Crippen LogP contribution >= 0.6 is 0 Å². The molecule has 2 unspecified atom stereocenters. The molecule has 7 heteroatoms. The summed E-state index contributed by atoms with van der Waals surface area (Å²) in [6.45, 7) is 4.46. The number of fused-ring (bicyclic) bond motifs is 1. The molecule has 0 spiro atoms. The number of aromatic nitrogens is 5. The number of piperidine rings is 1. The Morgan fingerprint density at radius 2 is 2.00 bits per heavy atom. The highest BCUT2D eigenvalue weighted by Gasteiger charge is 2.25. The summed E-state index contributed by atoms with van der Waals surface area (Å²) < 4.78 is 1.67. The fourth-order valence-corrected chi connectivity index (χ4v) is 2.53. The number of nitrogens with zero attached hydrogens (tertiary/aromatic N) is 6. The Morgan fingerprint density at radius 1 is 1.22 bits per heavy atom. The van der Waals surface area contributed by atoms with Crippen LogP contribution in [0.1, 0.15) is 33.1 Å². The van der Waals surface area contributed by atoms with Crippen LogP contribution in [0.15, 0.2) is 12.4 Å². The van der Waals surface area contributed by atoms with Gasteiger partial charge in [-0.2, -0.15) is 4.52 Å². The van der Waals surface area contributed by atoms with Crippen LogP contribution in [0.25, 0.3) is 5.65 Å². The number of hydrogen-bond acceptors (Lipinski definition) is 6. The molecule has 1 aliphatic heterocycles. The molecule has 18 heavy (non-hydrogen) atoms. The zero-order valence-corrected chi connectivity index (χ0v) is 10.6. The van der Waals surface area contributed by atoms with Crippen molar-refractivity contribution in [1.29, 1.82) is 0 Å². The van der Waals surface area contributed by atoms with Crippen LogP contribution < -0.4 is 5.43 Å². The predicted octanol–water partition coefficient (Wildman–Crippen LogP) is 1.11. The molecule has 96 valence electrons. The molecule has 1 N–H and O–H groups in total. The third-order valence-corrected chi connectivity index (χ3v) is 3.55. The summed E-state index contributed by atoms with van der Waals surface area (Å²) in [5.41, 5.74) is 4.05. The molecule has 2 aromatic rings. The maximum absolute atomic E-state index is 4.15. The van der Waals surface area contributed by atoms with Crippen molar-refractivity contribution in [2.24, 2.45) is 0 Å². The van der Waals surface area contributed by atoms with Gasteiger partial charge in [0.05, 0.1) is 12.4 Å². The fourth-order valence-electron chi connectivity index (χ4n) is 2.53. The molecule has 0 saturated carbocycles. The highest BCUT2D eigenvalue weighted by molar-refractivity contribution is 5.43. The molecule has 0 amide bonds. The molecule has 3 rings (SSSR count). The minimum Gasteiger partial charge on any atom is -0.301 e. The minimum absolute atomic E-state index is 0.500. The second-order valence-corrected chi connectivity index (χ2v) is 4.89. The average molecular weight is 247 g/mol. The van der Waals surface area contributed by atoms with Gasteiger partial charge in [0.2, 0.25) is 0 Å². The zero-order valence-electron chi connectivity index (χ0n) is 10.6. The number of hydrazine groups is 1. The van der Waals surface area contributed by atoms with Gasteiger partial charge in [-0.1, -0.05) is 6.42 Å². The van der Waals surface area contributed by atoms with Gasteiger partial charge >= 0.3 is 0 Å². The summed E-state index contributed by atoms with van der Waals surface area (Å²) in [5.74, 6) is 0.804. The first-order valence-corrected chi connectivity index (χ1v) is 6.33. The molecule has 0 radical (unpaired) electrons. The van der Waals surface area contributed by atoms with E-state index in [1.807, 2.05) is 0 Å². The number of hydrogen-bond donors (Lipinski definition) is 1. The van der Waals surface area contributed by atoms with Gasteiger partial charge in [-0.3, -0.25) is 4.98 Å². The summed E-state index contributed by atoms with van der Waals surface area (Å²) in [5, 5.41) is 13.8. The quantitative estimate of drug-likeness (QED) is 0.857. The van der Waals surface area contributed by atoms with Crippen molar-refractivity contribution in [1.82, 2.24) is 30.0 Å². The third kappa shape index (κ3) is 1.90. The lowest BCUT2D eigenvalue weighted by Gasteiger charge is -2.39. The second-order valence-electron chi connectivity index (χ2n) is 4.89. The Labute approximate surface area is 105 Å². The molecular weight excluding hydrogens is 230 g/mol. The van der Waals surface area contributed by atoms with Crippen molar-refractivity contribution < 1.29 is 0 Å². The normalized spacial score (nSPS) is 25.4. The standard InChI is InChI=1S/C11H17N7/c1-8-4-3-5-9(2)17(8)14-11-7-12-6-10-13-15-16-18(10)11/h6-9,14H,3-5H2,1-2H3. The van der Waals surface area contributed by atoms with E-state index in [0.29, 0.717) is 17.7 Å². The second kappa shape index (κ2) is 4.49. The van der Waals surface area contributed by atoms with Crippen molar-refractivity contribution in [3.05, 3.63) is 12.4 Å². The van der Waals surface area contributed by atoms with Gasteiger partial charge in [-0.25, -0.2) is 5.01 Å². The number of rotatable bonds is 2. The first-order valence-electron chi connectivity index (χ1n) is 6.33. The van der Waals surface area contributed by atoms with E-state index in [-0.39, 0.29) is 0 Å². The van der Waals surface area contributed by atoms with Gasteiger partial charge in [-0.15, -0.1) is 5.10 Å². The minimum atomic E-state index is 0.500. The molecule has 2 atom stereocenters. The third-order valence-electron chi connectivity index (χ3n) is 3.55. The lowest BCUT2D eigenvalue weighted by molar-refractivity contribution is 0.134. The molecule has 3 heterocycles. The summed E-state index contributed by atoms with van der Waals surface area (Å²) in [4.78, 5) is 4.15. The van der Waals surface area contributed by atoms with Gasteiger partial charge in [-0.05, 0) is 37.1 Å². The predicted molar refractivity (Wildman–Crippen MR) is 66.8 cm³/mol. The van der Waals surface area contributed by atoms with Crippen molar-refractivity contribution in [2.45, 2.75) is 45.2 Å². The van der Waals surface area contributed by atoms with Gasteiger partial charge in [0, 0.05) is 12.1 Å². The Bertz CT molecular complexity index is 527. The average Bonchev–Trinajstić information content (AvgIpc) is 2.83. The van der Waals surface area contributed by atoms with E-state index in [1.54, 1.807) is 16.9 Å². The number of tetrazole rings is 1. The molecule has 0 aliphatic carbocycles. The molecule has 1 fully saturated rings. The number of anilines is 1. The molecule has 7 nitrogen and oxygen atoms in total. The molecule has 0 bridgehead atoms. The van der Waals surface area contributed by atoms with Gasteiger partial charge in [0.25, 0.3) is 0 Å². The van der Waals surface area contributed by atoms with Gasteiger partial charge in [0.1, 0.15) is 0 Å². The van der Waals surface area contributed by atoms with E-state index >= 15 is 0 Å². The molecular formula is C11H17N7. The molecule has 0 aromatic carbocycles. The highest BCUT2D eigenvalue weighted by atomic mass is 15.6. The molecule has 2 aromatic heterocycles. The van der Waals surface area contributed by atoms with Crippen LogP contribution in [0, 0.1) is 0 Å². The topological polar surface area (TPSA) is 71.2 Å².